The first-order chi connectivity index (χ1) is 10.7. The minimum absolute atomic E-state index is 0.135. The third-order valence-corrected chi connectivity index (χ3v) is 3.96. The summed E-state index contributed by atoms with van der Waals surface area (Å²) in [6, 6.07) is 7.53. The molecule has 0 saturated carbocycles. The summed E-state index contributed by atoms with van der Waals surface area (Å²) in [7, 11) is 0. The van der Waals surface area contributed by atoms with E-state index >= 15 is 0 Å². The van der Waals surface area contributed by atoms with E-state index < -0.39 is 0 Å². The minimum atomic E-state index is -0.238. The molecule has 0 aliphatic rings. The number of ether oxygens (including phenoxy) is 1. The maximum Gasteiger partial charge on any atom is 0.313 e. The van der Waals surface area contributed by atoms with Gasteiger partial charge in [0.05, 0.1) is 5.92 Å². The van der Waals surface area contributed by atoms with Gasteiger partial charge in [0.25, 0.3) is 0 Å². The number of esters is 1. The molecule has 0 atom stereocenters. The molecule has 0 unspecified atom stereocenters. The number of hydrogen-bond donors (Lipinski definition) is 1. The molecule has 0 radical (unpaired) electrons. The number of carbonyl (C=O) groups is 1. The second-order valence-corrected chi connectivity index (χ2v) is 6.37. The average molecular weight is 314 g/mol. The summed E-state index contributed by atoms with van der Waals surface area (Å²) in [4.78, 5) is 11.6. The van der Waals surface area contributed by atoms with Crippen molar-refractivity contribution in [2.75, 3.05) is 0 Å². The van der Waals surface area contributed by atoms with Gasteiger partial charge in [0.15, 0.2) is 0 Å². The van der Waals surface area contributed by atoms with Gasteiger partial charge in [0.2, 0.25) is 0 Å². The fourth-order valence-electron chi connectivity index (χ4n) is 1.89. The van der Waals surface area contributed by atoms with Gasteiger partial charge in [-0.25, -0.2) is 0 Å². The Kier molecular flexibility index (Phi) is 6.38. The van der Waals surface area contributed by atoms with Gasteiger partial charge in [-0.3, -0.25) is 4.79 Å². The predicted octanol–water partition coefficient (Wildman–Crippen LogP) is 5.10. The van der Waals surface area contributed by atoms with Crippen molar-refractivity contribution in [1.82, 2.24) is 0 Å². The van der Waals surface area contributed by atoms with Crippen molar-refractivity contribution in [2.24, 2.45) is 5.92 Å². The number of rotatable bonds is 6. The molecule has 0 heterocycles. The Hall–Kier alpha value is -2.29. The Morgan fingerprint density at radius 1 is 1.22 bits per heavy atom. The van der Waals surface area contributed by atoms with Gasteiger partial charge in [-0.15, -0.1) is 0 Å². The molecule has 3 heteroatoms. The van der Waals surface area contributed by atoms with Crippen LogP contribution >= 0.6 is 0 Å². The van der Waals surface area contributed by atoms with Crippen LogP contribution in [-0.4, -0.2) is 11.1 Å². The Labute approximate surface area is 139 Å². The molecule has 124 valence electrons. The number of carbonyl (C=O) groups excluding carboxylic acids is 1. The molecule has 1 rings (SSSR count). The molecule has 0 aliphatic heterocycles. The molecule has 0 aromatic heterocycles. The molecule has 0 aliphatic carbocycles. The van der Waals surface area contributed by atoms with E-state index in [4.69, 9.17) is 4.74 Å². The summed E-state index contributed by atoms with van der Waals surface area (Å²) < 4.78 is 5.29. The van der Waals surface area contributed by atoms with Crippen LogP contribution in [0.15, 0.2) is 60.4 Å². The summed E-state index contributed by atoms with van der Waals surface area (Å²) in [6.07, 6.45) is 4.90. The number of allylic oxidation sites excluding steroid dienone is 4. The van der Waals surface area contributed by atoms with Gasteiger partial charge in [-0.2, -0.15) is 0 Å². The van der Waals surface area contributed by atoms with Gasteiger partial charge >= 0.3 is 5.97 Å². The highest BCUT2D eigenvalue weighted by atomic mass is 16.5. The lowest BCUT2D eigenvalue weighted by Crippen LogP contribution is -2.19. The molecule has 1 aromatic rings. The lowest BCUT2D eigenvalue weighted by atomic mass is 9.78. The summed E-state index contributed by atoms with van der Waals surface area (Å²) in [6.45, 7) is 13.3. The Morgan fingerprint density at radius 2 is 1.78 bits per heavy atom. The van der Waals surface area contributed by atoms with E-state index in [9.17, 15) is 9.90 Å². The number of benzene rings is 1. The molecule has 1 N–H and O–H groups in total. The van der Waals surface area contributed by atoms with Crippen molar-refractivity contribution in [2.45, 2.75) is 40.0 Å². The van der Waals surface area contributed by atoms with E-state index in [1.807, 2.05) is 37.3 Å². The van der Waals surface area contributed by atoms with Crippen LogP contribution in [0.1, 0.15) is 40.2 Å². The first kappa shape index (κ1) is 18.8. The van der Waals surface area contributed by atoms with Crippen molar-refractivity contribution in [3.8, 4) is 5.75 Å². The molecule has 0 fully saturated rings. The largest absolute Gasteiger partial charge is 0.508 e. The lowest BCUT2D eigenvalue weighted by molar-refractivity contribution is -0.137. The quantitative estimate of drug-likeness (QED) is 0.344. The third kappa shape index (κ3) is 5.13. The molecule has 0 saturated heterocycles. The maximum atomic E-state index is 11.6. The number of aliphatic hydroxyl groups is 1. The molecule has 0 bridgehead atoms. The van der Waals surface area contributed by atoms with Crippen molar-refractivity contribution < 1.29 is 14.6 Å². The Bertz CT molecular complexity index is 617. The van der Waals surface area contributed by atoms with Crippen LogP contribution < -0.4 is 4.74 Å². The zero-order valence-electron chi connectivity index (χ0n) is 14.6. The zero-order chi connectivity index (χ0) is 17.6. The van der Waals surface area contributed by atoms with Gasteiger partial charge in [-0.05, 0) is 36.8 Å². The minimum Gasteiger partial charge on any atom is -0.508 e. The third-order valence-electron chi connectivity index (χ3n) is 3.96. The summed E-state index contributed by atoms with van der Waals surface area (Å²) in [5.74, 6) is 0.295. The fraction of sp³-hybridized carbons (Fsp3) is 0.350. The Balaban J connectivity index is 2.97. The molecule has 0 amide bonds. The standard InChI is InChI=1S/C20H26O3/c1-7-17(21)11-8-15(4)20(5,6)16-9-12-18(13-10-16)23-19(22)14(2)3/h7-14,21H,1H2,2-6H3/b15-8+,17-11+. The SMILES string of the molecule is C=C/C(O)=C\C=C(/C)C(C)(C)c1ccc(OC(=O)C(C)C)cc1. The van der Waals surface area contributed by atoms with Crippen molar-refractivity contribution in [1.29, 1.82) is 0 Å². The van der Waals surface area contributed by atoms with Crippen molar-refractivity contribution in [3.63, 3.8) is 0 Å². The second-order valence-electron chi connectivity index (χ2n) is 6.37. The summed E-state index contributed by atoms with van der Waals surface area (Å²) in [5, 5.41) is 9.46. The van der Waals surface area contributed by atoms with Crippen LogP contribution in [0.4, 0.5) is 0 Å². The van der Waals surface area contributed by atoms with E-state index in [1.54, 1.807) is 19.9 Å². The highest BCUT2D eigenvalue weighted by molar-refractivity contribution is 5.74. The molecule has 23 heavy (non-hydrogen) atoms. The van der Waals surface area contributed by atoms with Crippen molar-refractivity contribution >= 4 is 5.97 Å². The fourth-order valence-corrected chi connectivity index (χ4v) is 1.89. The van der Waals surface area contributed by atoms with E-state index in [2.05, 4.69) is 20.4 Å². The zero-order valence-corrected chi connectivity index (χ0v) is 14.6. The smallest absolute Gasteiger partial charge is 0.313 e. The normalized spacial score (nSPS) is 13.1. The van der Waals surface area contributed by atoms with Crippen LogP contribution in [0.5, 0.6) is 5.75 Å². The van der Waals surface area contributed by atoms with Crippen LogP contribution in [0.3, 0.4) is 0 Å². The van der Waals surface area contributed by atoms with Crippen LogP contribution in [0.25, 0.3) is 0 Å². The van der Waals surface area contributed by atoms with Gasteiger partial charge in [0.1, 0.15) is 11.5 Å². The molecular weight excluding hydrogens is 288 g/mol. The Morgan fingerprint density at radius 3 is 2.26 bits per heavy atom. The topological polar surface area (TPSA) is 46.5 Å². The number of hydrogen-bond acceptors (Lipinski definition) is 3. The first-order valence-corrected chi connectivity index (χ1v) is 7.71. The summed E-state index contributed by atoms with van der Waals surface area (Å²) >= 11 is 0. The molecular formula is C20H26O3. The highest BCUT2D eigenvalue weighted by Gasteiger charge is 2.22. The van der Waals surface area contributed by atoms with Gasteiger partial charge in [-0.1, -0.05) is 58.1 Å². The van der Waals surface area contributed by atoms with Gasteiger partial charge in [0, 0.05) is 5.41 Å². The van der Waals surface area contributed by atoms with Crippen molar-refractivity contribution in [3.05, 3.63) is 66.0 Å². The van der Waals surface area contributed by atoms with Crippen LogP contribution in [0, 0.1) is 5.92 Å². The summed E-state index contributed by atoms with van der Waals surface area (Å²) in [5.41, 5.74) is 1.98. The monoisotopic (exact) mass is 314 g/mol. The van der Waals surface area contributed by atoms with Gasteiger partial charge < -0.3 is 9.84 Å². The lowest BCUT2D eigenvalue weighted by Gasteiger charge is -2.26. The molecule has 0 spiro atoms. The molecule has 3 nitrogen and oxygen atoms in total. The van der Waals surface area contributed by atoms with E-state index in [0.717, 1.165) is 11.1 Å². The van der Waals surface area contributed by atoms with Crippen LogP contribution in [0.2, 0.25) is 0 Å². The highest BCUT2D eigenvalue weighted by Crippen LogP contribution is 2.32. The van der Waals surface area contributed by atoms with E-state index in [0.29, 0.717) is 5.75 Å². The van der Waals surface area contributed by atoms with E-state index in [-0.39, 0.29) is 23.1 Å². The van der Waals surface area contributed by atoms with E-state index in [1.165, 1.54) is 6.08 Å². The predicted molar refractivity (Wildman–Crippen MR) is 94.6 cm³/mol. The van der Waals surface area contributed by atoms with Crippen LogP contribution in [-0.2, 0) is 10.2 Å². The first-order valence-electron chi connectivity index (χ1n) is 7.71. The molecule has 1 aromatic carbocycles. The second kappa shape index (κ2) is 7.82. The maximum absolute atomic E-state index is 11.6. The average Bonchev–Trinajstić information content (AvgIpc) is 2.52. The number of aliphatic hydroxyl groups excluding tert-OH is 1.